The lowest BCUT2D eigenvalue weighted by atomic mass is 9.93. The molecule has 0 aliphatic carbocycles. The summed E-state index contributed by atoms with van der Waals surface area (Å²) in [6.45, 7) is 0.229. The number of hydrogen-bond donors (Lipinski definition) is 2. The van der Waals surface area contributed by atoms with Crippen molar-refractivity contribution >= 4 is 13.3 Å². The molecule has 0 aromatic heterocycles. The maximum Gasteiger partial charge on any atom is 0.143 e. The smallest absolute Gasteiger partial charge is 0.143 e. The Hall–Kier alpha value is -1.03. The highest BCUT2D eigenvalue weighted by molar-refractivity contribution is 6.32. The highest BCUT2D eigenvalue weighted by Crippen LogP contribution is 2.15. The van der Waals surface area contributed by atoms with E-state index in [2.05, 4.69) is 0 Å². The van der Waals surface area contributed by atoms with E-state index in [1.807, 2.05) is 0 Å². The Morgan fingerprint density at radius 1 is 1.55 bits per heavy atom. The van der Waals surface area contributed by atoms with E-state index in [1.54, 1.807) is 13.9 Å². The Labute approximate surface area is 65.2 Å². The van der Waals surface area contributed by atoms with E-state index < -0.39 is 5.82 Å². The van der Waals surface area contributed by atoms with Crippen LogP contribution in [0.5, 0.6) is 5.75 Å². The second-order valence-electron chi connectivity index (χ2n) is 2.43. The number of phenolic OH excluding ortho intramolecular Hbond substituents is 1. The van der Waals surface area contributed by atoms with Crippen molar-refractivity contribution < 1.29 is 9.50 Å². The predicted octanol–water partition coefficient (Wildman–Crippen LogP) is -0.752. The van der Waals surface area contributed by atoms with Crippen LogP contribution in [0.15, 0.2) is 12.1 Å². The summed E-state index contributed by atoms with van der Waals surface area (Å²) in [4.78, 5) is 0. The Morgan fingerprint density at radius 2 is 2.18 bits per heavy atom. The van der Waals surface area contributed by atoms with E-state index in [9.17, 15) is 4.39 Å². The van der Waals surface area contributed by atoms with Crippen molar-refractivity contribution in [2.75, 3.05) is 0 Å². The van der Waals surface area contributed by atoms with Crippen molar-refractivity contribution in [1.29, 1.82) is 0 Å². The van der Waals surface area contributed by atoms with Crippen LogP contribution in [-0.2, 0) is 6.54 Å². The van der Waals surface area contributed by atoms with Gasteiger partial charge in [0.25, 0.3) is 0 Å². The molecule has 1 aromatic carbocycles. The number of benzene rings is 1. The first-order valence-corrected chi connectivity index (χ1v) is 3.33. The van der Waals surface area contributed by atoms with Gasteiger partial charge >= 0.3 is 0 Å². The maximum absolute atomic E-state index is 12.7. The molecule has 0 spiro atoms. The topological polar surface area (TPSA) is 46.2 Å². The summed E-state index contributed by atoms with van der Waals surface area (Å²) in [5.74, 6) is -0.477. The Kier molecular flexibility index (Phi) is 2.15. The average molecular weight is 153 g/mol. The molecule has 0 bridgehead atoms. The van der Waals surface area contributed by atoms with Gasteiger partial charge in [0.1, 0.15) is 19.4 Å². The summed E-state index contributed by atoms with van der Waals surface area (Å²) >= 11 is 0. The molecule has 2 nitrogen and oxygen atoms in total. The molecule has 3 N–H and O–H groups in total. The fourth-order valence-electron chi connectivity index (χ4n) is 0.894. The third-order valence-corrected chi connectivity index (χ3v) is 1.58. The number of hydrogen-bond acceptors (Lipinski definition) is 2. The van der Waals surface area contributed by atoms with Crippen molar-refractivity contribution in [2.45, 2.75) is 6.54 Å². The van der Waals surface area contributed by atoms with Crippen molar-refractivity contribution in [3.05, 3.63) is 23.5 Å². The lowest BCUT2D eigenvalue weighted by molar-refractivity contribution is 0.463. The van der Waals surface area contributed by atoms with Gasteiger partial charge < -0.3 is 10.8 Å². The molecule has 0 aliphatic rings. The van der Waals surface area contributed by atoms with Crippen molar-refractivity contribution in [3.8, 4) is 5.75 Å². The van der Waals surface area contributed by atoms with E-state index in [-0.39, 0.29) is 12.3 Å². The molecular formula is C7H9BFNO. The first kappa shape index (κ1) is 8.08. The molecule has 0 radical (unpaired) electrons. The SMILES string of the molecule is Bc1cc(CN)c(O)cc1F. The minimum atomic E-state index is -0.403. The van der Waals surface area contributed by atoms with Gasteiger partial charge in [-0.05, 0) is 0 Å². The quantitative estimate of drug-likeness (QED) is 0.521. The standard InChI is InChI=1S/C7H9BFNO/c8-5-1-4(3-10)7(11)2-6(5)9/h1-2,11H,3,8,10H2. The zero-order chi connectivity index (χ0) is 8.43. The van der Waals surface area contributed by atoms with Gasteiger partial charge in [-0.2, -0.15) is 0 Å². The Balaban J connectivity index is 3.21. The first-order chi connectivity index (χ1) is 5.15. The summed E-state index contributed by atoms with van der Waals surface area (Å²) in [5.41, 5.74) is 6.36. The van der Waals surface area contributed by atoms with Gasteiger partial charge in [0.05, 0.1) is 0 Å². The van der Waals surface area contributed by atoms with E-state index >= 15 is 0 Å². The highest BCUT2D eigenvalue weighted by atomic mass is 19.1. The van der Waals surface area contributed by atoms with E-state index in [1.165, 1.54) is 0 Å². The van der Waals surface area contributed by atoms with Crippen LogP contribution in [0.4, 0.5) is 4.39 Å². The largest absolute Gasteiger partial charge is 0.508 e. The van der Waals surface area contributed by atoms with Gasteiger partial charge in [0, 0.05) is 18.2 Å². The minimum absolute atomic E-state index is 0.0735. The van der Waals surface area contributed by atoms with Crippen LogP contribution in [0.3, 0.4) is 0 Å². The maximum atomic E-state index is 12.7. The van der Waals surface area contributed by atoms with Crippen molar-refractivity contribution in [2.24, 2.45) is 5.73 Å². The van der Waals surface area contributed by atoms with Gasteiger partial charge in [-0.15, -0.1) is 0 Å². The fourth-order valence-corrected chi connectivity index (χ4v) is 0.894. The second kappa shape index (κ2) is 2.92. The predicted molar refractivity (Wildman–Crippen MR) is 44.1 cm³/mol. The summed E-state index contributed by atoms with van der Waals surface area (Å²) < 4.78 is 12.7. The zero-order valence-electron chi connectivity index (χ0n) is 6.26. The van der Waals surface area contributed by atoms with Gasteiger partial charge in [-0.3, -0.25) is 0 Å². The van der Waals surface area contributed by atoms with E-state index in [0.29, 0.717) is 11.0 Å². The van der Waals surface area contributed by atoms with Crippen LogP contribution in [0.25, 0.3) is 0 Å². The van der Waals surface area contributed by atoms with Gasteiger partial charge in [0.2, 0.25) is 0 Å². The summed E-state index contributed by atoms with van der Waals surface area (Å²) in [7, 11) is 1.63. The third-order valence-electron chi connectivity index (χ3n) is 1.58. The lowest BCUT2D eigenvalue weighted by Crippen LogP contribution is -2.11. The van der Waals surface area contributed by atoms with E-state index in [0.717, 1.165) is 6.07 Å². The van der Waals surface area contributed by atoms with Crippen LogP contribution in [0.2, 0.25) is 0 Å². The fraction of sp³-hybridized carbons (Fsp3) is 0.143. The number of phenols is 1. The van der Waals surface area contributed by atoms with Crippen LogP contribution in [-0.4, -0.2) is 13.0 Å². The molecule has 11 heavy (non-hydrogen) atoms. The van der Waals surface area contributed by atoms with Gasteiger partial charge in [-0.25, -0.2) is 4.39 Å². The minimum Gasteiger partial charge on any atom is -0.508 e. The molecule has 0 heterocycles. The normalized spacial score (nSPS) is 10.0. The van der Waals surface area contributed by atoms with Crippen LogP contribution >= 0.6 is 0 Å². The van der Waals surface area contributed by atoms with Crippen molar-refractivity contribution in [1.82, 2.24) is 0 Å². The van der Waals surface area contributed by atoms with Crippen LogP contribution < -0.4 is 11.2 Å². The monoisotopic (exact) mass is 153 g/mol. The molecule has 0 atom stereocenters. The molecular weight excluding hydrogens is 144 g/mol. The number of halogens is 1. The average Bonchev–Trinajstić information content (AvgIpc) is 1.97. The van der Waals surface area contributed by atoms with Crippen LogP contribution in [0, 0.1) is 5.82 Å². The molecule has 0 unspecified atom stereocenters. The van der Waals surface area contributed by atoms with Crippen molar-refractivity contribution in [3.63, 3.8) is 0 Å². The molecule has 0 saturated heterocycles. The summed E-state index contributed by atoms with van der Waals surface area (Å²) in [6.07, 6.45) is 0. The molecule has 0 fully saturated rings. The molecule has 1 rings (SSSR count). The van der Waals surface area contributed by atoms with Gasteiger partial charge in [0.15, 0.2) is 0 Å². The first-order valence-electron chi connectivity index (χ1n) is 3.33. The third kappa shape index (κ3) is 1.52. The summed E-state index contributed by atoms with van der Waals surface area (Å²) in [5, 5.41) is 9.10. The Morgan fingerprint density at radius 3 is 2.73 bits per heavy atom. The lowest BCUT2D eigenvalue weighted by Gasteiger charge is -2.03. The molecule has 4 heteroatoms. The molecule has 0 saturated carbocycles. The molecule has 58 valence electrons. The second-order valence-corrected chi connectivity index (χ2v) is 2.43. The molecule has 0 aliphatic heterocycles. The van der Waals surface area contributed by atoms with Crippen LogP contribution in [0.1, 0.15) is 5.56 Å². The number of aromatic hydroxyl groups is 1. The number of nitrogens with two attached hydrogens (primary N) is 1. The van der Waals surface area contributed by atoms with E-state index in [4.69, 9.17) is 10.8 Å². The summed E-state index contributed by atoms with van der Waals surface area (Å²) in [6, 6.07) is 2.63. The molecule has 1 aromatic rings. The number of rotatable bonds is 1. The highest BCUT2D eigenvalue weighted by Gasteiger charge is 2.03. The zero-order valence-corrected chi connectivity index (χ0v) is 6.26. The molecule has 0 amide bonds. The van der Waals surface area contributed by atoms with Gasteiger partial charge in [-0.1, -0.05) is 11.5 Å². The Bertz CT molecular complexity index is 277.